The fourth-order valence-electron chi connectivity index (χ4n) is 4.20. The average molecular weight is 433 g/mol. The minimum absolute atomic E-state index is 0.0543. The van der Waals surface area contributed by atoms with Crippen LogP contribution in [0.15, 0.2) is 54.6 Å². The van der Waals surface area contributed by atoms with Gasteiger partial charge < -0.3 is 10.2 Å². The monoisotopic (exact) mass is 432 g/mol. The maximum atomic E-state index is 12.5. The molecule has 7 nitrogen and oxygen atoms in total. The van der Waals surface area contributed by atoms with Gasteiger partial charge in [-0.2, -0.15) is 4.80 Å². The Morgan fingerprint density at radius 1 is 0.969 bits per heavy atom. The first-order valence-electron chi connectivity index (χ1n) is 11.6. The molecule has 4 rings (SSSR count). The number of tetrazole rings is 1. The van der Waals surface area contributed by atoms with Gasteiger partial charge in [-0.25, -0.2) is 0 Å². The van der Waals surface area contributed by atoms with Crippen LogP contribution in [0.25, 0.3) is 11.4 Å². The largest absolute Gasteiger partial charge is 0.349 e. The molecule has 2 heterocycles. The lowest BCUT2D eigenvalue weighted by Crippen LogP contribution is -2.45. The van der Waals surface area contributed by atoms with Gasteiger partial charge in [-0.3, -0.25) is 4.79 Å². The molecule has 1 amide bonds. The van der Waals surface area contributed by atoms with Crippen molar-refractivity contribution in [1.82, 2.24) is 30.4 Å². The maximum Gasteiger partial charge on any atom is 0.251 e. The van der Waals surface area contributed by atoms with Gasteiger partial charge in [0.2, 0.25) is 5.82 Å². The average Bonchev–Trinajstić information content (AvgIpc) is 3.30. The van der Waals surface area contributed by atoms with Crippen LogP contribution in [-0.2, 0) is 6.54 Å². The van der Waals surface area contributed by atoms with Gasteiger partial charge in [0.15, 0.2) is 0 Å². The van der Waals surface area contributed by atoms with E-state index in [1.165, 1.54) is 6.42 Å². The summed E-state index contributed by atoms with van der Waals surface area (Å²) in [5, 5.41) is 16.0. The third kappa shape index (κ3) is 6.01. The Morgan fingerprint density at radius 3 is 2.47 bits per heavy atom. The molecule has 0 unspecified atom stereocenters. The quantitative estimate of drug-likeness (QED) is 0.522. The first-order valence-corrected chi connectivity index (χ1v) is 11.6. The zero-order valence-corrected chi connectivity index (χ0v) is 18.8. The number of nitrogens with zero attached hydrogens (tertiary/aromatic N) is 5. The van der Waals surface area contributed by atoms with Gasteiger partial charge in [0.05, 0.1) is 6.54 Å². The summed E-state index contributed by atoms with van der Waals surface area (Å²) in [4.78, 5) is 16.7. The van der Waals surface area contributed by atoms with E-state index >= 15 is 0 Å². The van der Waals surface area contributed by atoms with Crippen molar-refractivity contribution in [2.45, 2.75) is 51.6 Å². The fraction of sp³-hybridized carbons (Fsp3) is 0.440. The Labute approximate surface area is 189 Å². The van der Waals surface area contributed by atoms with Gasteiger partial charge in [0.25, 0.3) is 5.91 Å². The molecule has 1 fully saturated rings. The third-order valence-corrected chi connectivity index (χ3v) is 6.13. The van der Waals surface area contributed by atoms with Crippen LogP contribution in [0.5, 0.6) is 0 Å². The molecule has 0 radical (unpaired) electrons. The second-order valence-corrected chi connectivity index (χ2v) is 8.54. The fourth-order valence-corrected chi connectivity index (χ4v) is 4.20. The van der Waals surface area contributed by atoms with Crippen LogP contribution in [0.3, 0.4) is 0 Å². The van der Waals surface area contributed by atoms with Crippen molar-refractivity contribution in [3.63, 3.8) is 0 Å². The number of benzene rings is 2. The zero-order valence-electron chi connectivity index (χ0n) is 18.8. The minimum Gasteiger partial charge on any atom is -0.349 e. The van der Waals surface area contributed by atoms with Crippen LogP contribution in [0, 0.1) is 6.92 Å². The molecule has 0 bridgehead atoms. The van der Waals surface area contributed by atoms with Crippen LogP contribution in [0.1, 0.15) is 48.0 Å². The topological polar surface area (TPSA) is 75.9 Å². The molecule has 0 spiro atoms. The van der Waals surface area contributed by atoms with E-state index in [9.17, 15) is 4.79 Å². The van der Waals surface area contributed by atoms with Crippen molar-refractivity contribution in [3.8, 4) is 11.4 Å². The molecule has 1 aliphatic rings. The number of nitrogens with one attached hydrogen (secondary N) is 1. The minimum atomic E-state index is 0.0543. The Kier molecular flexibility index (Phi) is 7.61. The summed E-state index contributed by atoms with van der Waals surface area (Å²) in [5.74, 6) is 0.738. The van der Waals surface area contributed by atoms with E-state index in [4.69, 9.17) is 0 Å². The maximum absolute atomic E-state index is 12.5. The van der Waals surface area contributed by atoms with Crippen LogP contribution in [0.4, 0.5) is 0 Å². The van der Waals surface area contributed by atoms with Crippen LogP contribution in [-0.4, -0.2) is 56.7 Å². The zero-order chi connectivity index (χ0) is 22.2. The van der Waals surface area contributed by atoms with E-state index in [1.54, 1.807) is 4.80 Å². The number of carbonyl (C=O) groups excluding carboxylic acids is 1. The lowest BCUT2D eigenvalue weighted by atomic mass is 10.0. The van der Waals surface area contributed by atoms with E-state index in [-0.39, 0.29) is 11.9 Å². The summed E-state index contributed by atoms with van der Waals surface area (Å²) in [5.41, 5.74) is 2.81. The molecule has 168 valence electrons. The predicted octanol–water partition coefficient (Wildman–Crippen LogP) is 3.71. The van der Waals surface area contributed by atoms with E-state index < -0.39 is 0 Å². The van der Waals surface area contributed by atoms with Crippen molar-refractivity contribution < 1.29 is 4.79 Å². The van der Waals surface area contributed by atoms with Gasteiger partial charge in [-0.1, -0.05) is 55.0 Å². The number of aryl methyl sites for hydroxylation is 2. The van der Waals surface area contributed by atoms with Gasteiger partial charge >= 0.3 is 0 Å². The number of hydrogen-bond acceptors (Lipinski definition) is 5. The van der Waals surface area contributed by atoms with E-state index in [1.807, 2.05) is 61.5 Å². The number of unbranched alkanes of at least 4 members (excludes halogenated alkanes) is 2. The standard InChI is InChI=1S/C25H32N6O/c1-20-10-6-7-13-23(20)25(32)26-22-14-18-30(19-15-22)16-8-3-9-17-31-28-24(27-29-31)21-11-4-2-5-12-21/h2,4-7,10-13,22H,3,8-9,14-19H2,1H3,(H,26,32). The summed E-state index contributed by atoms with van der Waals surface area (Å²) in [7, 11) is 0. The number of likely N-dealkylation sites (tertiary alicyclic amines) is 1. The van der Waals surface area contributed by atoms with Gasteiger partial charge in [0.1, 0.15) is 0 Å². The summed E-state index contributed by atoms with van der Waals surface area (Å²) in [6, 6.07) is 18.0. The summed E-state index contributed by atoms with van der Waals surface area (Å²) in [6.45, 7) is 5.98. The van der Waals surface area contributed by atoms with Crippen molar-refractivity contribution in [2.24, 2.45) is 0 Å². The highest BCUT2D eigenvalue weighted by molar-refractivity contribution is 5.95. The lowest BCUT2D eigenvalue weighted by molar-refractivity contribution is 0.0910. The van der Waals surface area contributed by atoms with Crippen molar-refractivity contribution in [2.75, 3.05) is 19.6 Å². The first-order chi connectivity index (χ1) is 15.7. The molecule has 2 aromatic carbocycles. The molecule has 32 heavy (non-hydrogen) atoms. The highest BCUT2D eigenvalue weighted by Crippen LogP contribution is 2.15. The van der Waals surface area contributed by atoms with Gasteiger partial charge in [-0.15, -0.1) is 10.2 Å². The normalized spacial score (nSPS) is 15.0. The highest BCUT2D eigenvalue weighted by Gasteiger charge is 2.21. The number of piperidine rings is 1. The second-order valence-electron chi connectivity index (χ2n) is 8.54. The van der Waals surface area contributed by atoms with E-state index in [0.717, 1.165) is 68.6 Å². The van der Waals surface area contributed by atoms with Crippen LogP contribution in [0.2, 0.25) is 0 Å². The van der Waals surface area contributed by atoms with Crippen LogP contribution < -0.4 is 5.32 Å². The van der Waals surface area contributed by atoms with Crippen molar-refractivity contribution in [1.29, 1.82) is 0 Å². The highest BCUT2D eigenvalue weighted by atomic mass is 16.1. The molecule has 7 heteroatoms. The Bertz CT molecular complexity index is 994. The van der Waals surface area contributed by atoms with E-state index in [2.05, 4.69) is 25.6 Å². The summed E-state index contributed by atoms with van der Waals surface area (Å²) in [6.07, 6.45) is 5.39. The molecule has 1 saturated heterocycles. The van der Waals surface area contributed by atoms with Crippen molar-refractivity contribution in [3.05, 3.63) is 65.7 Å². The van der Waals surface area contributed by atoms with Crippen LogP contribution >= 0.6 is 0 Å². The number of carbonyl (C=O) groups is 1. The summed E-state index contributed by atoms with van der Waals surface area (Å²) < 4.78 is 0. The lowest BCUT2D eigenvalue weighted by Gasteiger charge is -2.32. The Morgan fingerprint density at radius 2 is 1.69 bits per heavy atom. The molecule has 1 aromatic heterocycles. The number of rotatable bonds is 9. The number of hydrogen-bond donors (Lipinski definition) is 1. The molecule has 0 aliphatic carbocycles. The molecular formula is C25H32N6O. The van der Waals surface area contributed by atoms with Gasteiger partial charge in [0, 0.05) is 30.3 Å². The van der Waals surface area contributed by atoms with E-state index in [0.29, 0.717) is 5.82 Å². The van der Waals surface area contributed by atoms with Gasteiger partial charge in [-0.05, 0) is 56.0 Å². The molecule has 1 N–H and O–H groups in total. The first kappa shape index (κ1) is 22.1. The molecule has 0 atom stereocenters. The third-order valence-electron chi connectivity index (χ3n) is 6.13. The molecule has 1 aliphatic heterocycles. The predicted molar refractivity (Wildman–Crippen MR) is 125 cm³/mol. The summed E-state index contributed by atoms with van der Waals surface area (Å²) >= 11 is 0. The SMILES string of the molecule is Cc1ccccc1C(=O)NC1CCN(CCCCCn2nnc(-c3ccccc3)n2)CC1. The van der Waals surface area contributed by atoms with Crippen molar-refractivity contribution >= 4 is 5.91 Å². The Balaban J connectivity index is 1.10. The second kappa shape index (κ2) is 11.0. The smallest absolute Gasteiger partial charge is 0.251 e. The Hall–Kier alpha value is -3.06. The molecule has 3 aromatic rings. The molecular weight excluding hydrogens is 400 g/mol. The molecule has 0 saturated carbocycles. The number of amides is 1. The number of aromatic nitrogens is 4.